The zero-order valence-corrected chi connectivity index (χ0v) is 12.7. The SMILES string of the molecule is COC(C)(C)CNC(=O)C(Cc1ccccc1)/C(N)=N/O. The third-order valence-corrected chi connectivity index (χ3v) is 3.31. The van der Waals surface area contributed by atoms with Gasteiger partial charge in [-0.05, 0) is 25.8 Å². The lowest BCUT2D eigenvalue weighted by molar-refractivity contribution is -0.124. The van der Waals surface area contributed by atoms with Gasteiger partial charge in [0.1, 0.15) is 5.92 Å². The highest BCUT2D eigenvalue weighted by Gasteiger charge is 2.26. The first-order chi connectivity index (χ1) is 9.89. The molecule has 0 radical (unpaired) electrons. The van der Waals surface area contributed by atoms with E-state index in [1.54, 1.807) is 7.11 Å². The average molecular weight is 293 g/mol. The van der Waals surface area contributed by atoms with Gasteiger partial charge in [0.25, 0.3) is 0 Å². The molecule has 1 unspecified atom stereocenters. The number of nitrogens with one attached hydrogen (secondary N) is 1. The fourth-order valence-corrected chi connectivity index (χ4v) is 1.75. The molecule has 0 aliphatic heterocycles. The second-order valence-electron chi connectivity index (χ2n) is 5.45. The summed E-state index contributed by atoms with van der Waals surface area (Å²) in [5, 5.41) is 14.6. The van der Waals surface area contributed by atoms with Gasteiger partial charge >= 0.3 is 0 Å². The summed E-state index contributed by atoms with van der Waals surface area (Å²) in [6, 6.07) is 9.44. The van der Waals surface area contributed by atoms with Crippen molar-refractivity contribution in [2.75, 3.05) is 13.7 Å². The molecule has 4 N–H and O–H groups in total. The summed E-state index contributed by atoms with van der Waals surface area (Å²) in [7, 11) is 1.58. The molecule has 1 atom stereocenters. The van der Waals surface area contributed by atoms with Crippen molar-refractivity contribution < 1.29 is 14.7 Å². The molecule has 1 rings (SSSR count). The van der Waals surface area contributed by atoms with E-state index in [9.17, 15) is 4.79 Å². The Morgan fingerprint density at radius 1 is 1.43 bits per heavy atom. The van der Waals surface area contributed by atoms with Crippen molar-refractivity contribution in [1.29, 1.82) is 0 Å². The lowest BCUT2D eigenvalue weighted by Gasteiger charge is -2.24. The molecule has 1 amide bonds. The van der Waals surface area contributed by atoms with E-state index in [0.29, 0.717) is 13.0 Å². The third-order valence-electron chi connectivity index (χ3n) is 3.31. The van der Waals surface area contributed by atoms with Crippen LogP contribution < -0.4 is 11.1 Å². The van der Waals surface area contributed by atoms with E-state index in [-0.39, 0.29) is 11.7 Å². The smallest absolute Gasteiger partial charge is 0.231 e. The molecule has 0 aliphatic rings. The van der Waals surface area contributed by atoms with Crippen LogP contribution in [0.4, 0.5) is 0 Å². The maximum Gasteiger partial charge on any atom is 0.231 e. The van der Waals surface area contributed by atoms with Gasteiger partial charge in [0, 0.05) is 13.7 Å². The second-order valence-corrected chi connectivity index (χ2v) is 5.45. The van der Waals surface area contributed by atoms with Crippen molar-refractivity contribution in [2.45, 2.75) is 25.9 Å². The van der Waals surface area contributed by atoms with E-state index >= 15 is 0 Å². The Balaban J connectivity index is 2.76. The molecule has 1 aromatic carbocycles. The predicted molar refractivity (Wildman–Crippen MR) is 81.1 cm³/mol. The number of carbonyl (C=O) groups excluding carboxylic acids is 1. The van der Waals surface area contributed by atoms with Crippen molar-refractivity contribution in [1.82, 2.24) is 5.32 Å². The number of hydrogen-bond acceptors (Lipinski definition) is 4. The van der Waals surface area contributed by atoms with Crippen LogP contribution in [0.5, 0.6) is 0 Å². The van der Waals surface area contributed by atoms with Crippen molar-refractivity contribution >= 4 is 11.7 Å². The van der Waals surface area contributed by atoms with E-state index in [1.165, 1.54) is 0 Å². The lowest BCUT2D eigenvalue weighted by atomic mass is 9.97. The summed E-state index contributed by atoms with van der Waals surface area (Å²) in [5.41, 5.74) is 6.11. The van der Waals surface area contributed by atoms with Gasteiger partial charge in [0.15, 0.2) is 5.84 Å². The summed E-state index contributed by atoms with van der Waals surface area (Å²) >= 11 is 0. The highest BCUT2D eigenvalue weighted by molar-refractivity contribution is 6.02. The van der Waals surface area contributed by atoms with E-state index in [4.69, 9.17) is 15.7 Å². The zero-order chi connectivity index (χ0) is 15.9. The van der Waals surface area contributed by atoms with Crippen LogP contribution >= 0.6 is 0 Å². The fraction of sp³-hybridized carbons (Fsp3) is 0.467. The number of amidine groups is 1. The number of ether oxygens (including phenoxy) is 1. The topological polar surface area (TPSA) is 96.9 Å². The molecule has 0 saturated carbocycles. The summed E-state index contributed by atoms with van der Waals surface area (Å²) in [6.07, 6.45) is 0.371. The summed E-state index contributed by atoms with van der Waals surface area (Å²) in [6.45, 7) is 4.07. The number of rotatable bonds is 7. The molecule has 0 fully saturated rings. The van der Waals surface area contributed by atoms with E-state index in [0.717, 1.165) is 5.56 Å². The van der Waals surface area contributed by atoms with Gasteiger partial charge in [-0.2, -0.15) is 0 Å². The average Bonchev–Trinajstić information content (AvgIpc) is 2.50. The number of hydrogen-bond donors (Lipinski definition) is 3. The quantitative estimate of drug-likeness (QED) is 0.304. The lowest BCUT2D eigenvalue weighted by Crippen LogP contribution is -2.46. The van der Waals surface area contributed by atoms with Gasteiger partial charge in [-0.1, -0.05) is 35.5 Å². The molecule has 6 nitrogen and oxygen atoms in total. The van der Waals surface area contributed by atoms with Gasteiger partial charge in [-0.15, -0.1) is 0 Å². The van der Waals surface area contributed by atoms with Crippen LogP contribution in [0, 0.1) is 5.92 Å². The number of amides is 1. The van der Waals surface area contributed by atoms with Crippen molar-refractivity contribution in [3.05, 3.63) is 35.9 Å². The number of oxime groups is 1. The predicted octanol–water partition coefficient (Wildman–Crippen LogP) is 1.13. The molecule has 0 aliphatic carbocycles. The number of nitrogens with zero attached hydrogens (tertiary/aromatic N) is 1. The molecule has 0 bridgehead atoms. The molecular formula is C15H23N3O3. The van der Waals surface area contributed by atoms with Gasteiger partial charge in [-0.3, -0.25) is 4.79 Å². The molecular weight excluding hydrogens is 270 g/mol. The Kier molecular flexibility index (Phi) is 6.17. The van der Waals surface area contributed by atoms with Gasteiger partial charge < -0.3 is 21.0 Å². The van der Waals surface area contributed by atoms with Crippen molar-refractivity contribution in [3.63, 3.8) is 0 Å². The molecule has 116 valence electrons. The Morgan fingerprint density at radius 3 is 2.57 bits per heavy atom. The molecule has 21 heavy (non-hydrogen) atoms. The highest BCUT2D eigenvalue weighted by atomic mass is 16.5. The Labute approximate surface area is 125 Å². The van der Waals surface area contributed by atoms with E-state index in [2.05, 4.69) is 10.5 Å². The monoisotopic (exact) mass is 293 g/mol. The van der Waals surface area contributed by atoms with Crippen LogP contribution in [0.1, 0.15) is 19.4 Å². The molecule has 0 spiro atoms. The summed E-state index contributed by atoms with van der Waals surface area (Å²) in [4.78, 5) is 12.3. The zero-order valence-electron chi connectivity index (χ0n) is 12.7. The van der Waals surface area contributed by atoms with Gasteiger partial charge in [-0.25, -0.2) is 0 Å². The van der Waals surface area contributed by atoms with Gasteiger partial charge in [0.05, 0.1) is 5.60 Å². The first-order valence-corrected chi connectivity index (χ1v) is 6.74. The molecule has 1 aromatic rings. The van der Waals surface area contributed by atoms with Crippen LogP contribution in [-0.4, -0.2) is 36.2 Å². The first-order valence-electron chi connectivity index (χ1n) is 6.74. The van der Waals surface area contributed by atoms with E-state index in [1.807, 2.05) is 44.2 Å². The maximum atomic E-state index is 12.3. The van der Waals surface area contributed by atoms with Crippen molar-refractivity contribution in [3.8, 4) is 0 Å². The summed E-state index contributed by atoms with van der Waals surface area (Å²) < 4.78 is 5.25. The van der Waals surface area contributed by atoms with Gasteiger partial charge in [0.2, 0.25) is 5.91 Å². The molecule has 0 aromatic heterocycles. The van der Waals surface area contributed by atoms with Crippen LogP contribution in [0.2, 0.25) is 0 Å². The Hall–Kier alpha value is -2.08. The Morgan fingerprint density at radius 2 is 2.05 bits per heavy atom. The molecule has 0 saturated heterocycles. The number of methoxy groups -OCH3 is 1. The van der Waals surface area contributed by atoms with Crippen LogP contribution in [0.25, 0.3) is 0 Å². The van der Waals surface area contributed by atoms with E-state index < -0.39 is 11.5 Å². The van der Waals surface area contributed by atoms with Crippen LogP contribution in [0.3, 0.4) is 0 Å². The highest BCUT2D eigenvalue weighted by Crippen LogP contribution is 2.11. The Bertz CT molecular complexity index is 486. The van der Waals surface area contributed by atoms with Crippen LogP contribution in [-0.2, 0) is 16.0 Å². The normalized spacial score (nSPS) is 13.8. The standard InChI is InChI=1S/C15H23N3O3/c1-15(2,21-3)10-17-14(19)12(13(16)18-20)9-11-7-5-4-6-8-11/h4-8,12,20H,9-10H2,1-3H3,(H2,16,18)(H,17,19). The number of nitrogens with two attached hydrogens (primary N) is 1. The molecule has 6 heteroatoms. The minimum atomic E-state index is -0.718. The fourth-order valence-electron chi connectivity index (χ4n) is 1.75. The van der Waals surface area contributed by atoms with Crippen LogP contribution in [0.15, 0.2) is 35.5 Å². The maximum absolute atomic E-state index is 12.3. The third kappa shape index (κ3) is 5.43. The minimum absolute atomic E-state index is 0.105. The molecule has 0 heterocycles. The summed E-state index contributed by atoms with van der Waals surface area (Å²) in [5.74, 6) is -1.11. The minimum Gasteiger partial charge on any atom is -0.409 e. The second kappa shape index (κ2) is 7.64. The largest absolute Gasteiger partial charge is 0.409 e. The number of benzene rings is 1. The number of carbonyl (C=O) groups is 1. The van der Waals surface area contributed by atoms with Crippen molar-refractivity contribution in [2.24, 2.45) is 16.8 Å². The first kappa shape index (κ1) is 17.0.